The maximum atomic E-state index is 11.5. The van der Waals surface area contributed by atoms with E-state index >= 15 is 0 Å². The van der Waals surface area contributed by atoms with Gasteiger partial charge < -0.3 is 10.6 Å². The van der Waals surface area contributed by atoms with Crippen molar-refractivity contribution in [2.24, 2.45) is 0 Å². The van der Waals surface area contributed by atoms with E-state index in [0.717, 1.165) is 11.3 Å². The molecular formula is C14H19ClN2O2S. The minimum atomic E-state index is -0.148. The molecule has 0 saturated carbocycles. The summed E-state index contributed by atoms with van der Waals surface area (Å²) in [4.78, 5) is 23.9. The van der Waals surface area contributed by atoms with Gasteiger partial charge in [-0.05, 0) is 30.7 Å². The summed E-state index contributed by atoms with van der Waals surface area (Å²) in [6, 6.07) is 7.48. The SMILES string of the molecule is CCCNC(=O)CNC(=O)CCSc1ccc(Cl)cc1. The summed E-state index contributed by atoms with van der Waals surface area (Å²) in [6.07, 6.45) is 1.27. The zero-order valence-electron chi connectivity index (χ0n) is 11.4. The van der Waals surface area contributed by atoms with E-state index in [-0.39, 0.29) is 18.4 Å². The number of carbonyl (C=O) groups excluding carboxylic acids is 2. The van der Waals surface area contributed by atoms with Crippen LogP contribution in [-0.4, -0.2) is 30.7 Å². The highest BCUT2D eigenvalue weighted by Gasteiger charge is 2.05. The lowest BCUT2D eigenvalue weighted by Crippen LogP contribution is -2.37. The van der Waals surface area contributed by atoms with Crippen LogP contribution in [0.4, 0.5) is 0 Å². The van der Waals surface area contributed by atoms with Crippen LogP contribution in [0.1, 0.15) is 19.8 Å². The van der Waals surface area contributed by atoms with Gasteiger partial charge >= 0.3 is 0 Å². The van der Waals surface area contributed by atoms with Crippen LogP contribution >= 0.6 is 23.4 Å². The molecule has 20 heavy (non-hydrogen) atoms. The summed E-state index contributed by atoms with van der Waals surface area (Å²) in [5, 5.41) is 6.00. The molecule has 0 unspecified atom stereocenters. The van der Waals surface area contributed by atoms with Crippen LogP contribution in [0.25, 0.3) is 0 Å². The molecule has 110 valence electrons. The van der Waals surface area contributed by atoms with Gasteiger partial charge in [0.05, 0.1) is 6.54 Å². The van der Waals surface area contributed by atoms with Crippen molar-refractivity contribution < 1.29 is 9.59 Å². The molecule has 0 aliphatic heterocycles. The van der Waals surface area contributed by atoms with Crippen LogP contribution in [-0.2, 0) is 9.59 Å². The molecule has 2 amide bonds. The van der Waals surface area contributed by atoms with E-state index in [9.17, 15) is 9.59 Å². The minimum Gasteiger partial charge on any atom is -0.355 e. The Morgan fingerprint density at radius 2 is 1.85 bits per heavy atom. The van der Waals surface area contributed by atoms with Crippen molar-refractivity contribution in [3.8, 4) is 0 Å². The predicted molar refractivity (Wildman–Crippen MR) is 83.1 cm³/mol. The predicted octanol–water partition coefficient (Wildman–Crippen LogP) is 2.46. The average Bonchev–Trinajstić information content (AvgIpc) is 2.45. The Bertz CT molecular complexity index is 437. The maximum Gasteiger partial charge on any atom is 0.239 e. The standard InChI is InChI=1S/C14H19ClN2O2S/c1-2-8-16-14(19)10-17-13(18)7-9-20-12-5-3-11(15)4-6-12/h3-6H,2,7-10H2,1H3,(H,16,19)(H,17,18). The third-order valence-corrected chi connectivity index (χ3v) is 3.70. The summed E-state index contributed by atoms with van der Waals surface area (Å²) in [7, 11) is 0. The third-order valence-electron chi connectivity index (χ3n) is 2.43. The van der Waals surface area contributed by atoms with Crippen molar-refractivity contribution in [3.63, 3.8) is 0 Å². The quantitative estimate of drug-likeness (QED) is 0.725. The molecule has 1 aromatic carbocycles. The van der Waals surface area contributed by atoms with Crippen molar-refractivity contribution in [1.82, 2.24) is 10.6 Å². The molecule has 0 heterocycles. The fourth-order valence-electron chi connectivity index (χ4n) is 1.39. The summed E-state index contributed by atoms with van der Waals surface area (Å²) in [5.41, 5.74) is 0. The molecule has 0 atom stereocenters. The fraction of sp³-hybridized carbons (Fsp3) is 0.429. The number of thioether (sulfide) groups is 1. The van der Waals surface area contributed by atoms with Crippen LogP contribution < -0.4 is 10.6 Å². The third kappa shape index (κ3) is 7.40. The number of amides is 2. The Balaban J connectivity index is 2.14. The Hall–Kier alpha value is -1.20. The Kier molecular flexibility index (Phi) is 8.14. The second-order valence-electron chi connectivity index (χ2n) is 4.18. The molecule has 0 radical (unpaired) electrons. The van der Waals surface area contributed by atoms with Gasteiger partial charge in [0.1, 0.15) is 0 Å². The molecule has 6 heteroatoms. The van der Waals surface area contributed by atoms with Gasteiger partial charge in [-0.15, -0.1) is 11.8 Å². The second kappa shape index (κ2) is 9.66. The van der Waals surface area contributed by atoms with E-state index in [2.05, 4.69) is 10.6 Å². The van der Waals surface area contributed by atoms with Crippen molar-refractivity contribution in [2.45, 2.75) is 24.7 Å². The van der Waals surface area contributed by atoms with E-state index in [0.29, 0.717) is 23.7 Å². The smallest absolute Gasteiger partial charge is 0.239 e. The summed E-state index contributed by atoms with van der Waals surface area (Å²) < 4.78 is 0. The number of nitrogens with one attached hydrogen (secondary N) is 2. The highest BCUT2D eigenvalue weighted by molar-refractivity contribution is 7.99. The zero-order valence-corrected chi connectivity index (χ0v) is 13.0. The molecule has 0 fully saturated rings. The first-order valence-electron chi connectivity index (χ1n) is 6.53. The molecule has 0 aromatic heterocycles. The number of rotatable bonds is 8. The van der Waals surface area contributed by atoms with Gasteiger partial charge in [-0.2, -0.15) is 0 Å². The van der Waals surface area contributed by atoms with E-state index in [4.69, 9.17) is 11.6 Å². The summed E-state index contributed by atoms with van der Waals surface area (Å²) in [6.45, 7) is 2.67. The summed E-state index contributed by atoms with van der Waals surface area (Å²) >= 11 is 7.38. The maximum absolute atomic E-state index is 11.5. The Labute approximate surface area is 128 Å². The number of carbonyl (C=O) groups is 2. The molecule has 4 nitrogen and oxygen atoms in total. The van der Waals surface area contributed by atoms with Gasteiger partial charge in [-0.25, -0.2) is 0 Å². The van der Waals surface area contributed by atoms with Crippen LogP contribution in [0, 0.1) is 0 Å². The first kappa shape index (κ1) is 16.9. The summed E-state index contributed by atoms with van der Waals surface area (Å²) in [5.74, 6) is 0.410. The molecule has 1 aromatic rings. The van der Waals surface area contributed by atoms with Gasteiger partial charge in [0, 0.05) is 28.6 Å². The van der Waals surface area contributed by atoms with Crippen molar-refractivity contribution >= 4 is 35.2 Å². The minimum absolute atomic E-state index is 0.0461. The number of hydrogen-bond acceptors (Lipinski definition) is 3. The lowest BCUT2D eigenvalue weighted by atomic mass is 10.4. The van der Waals surface area contributed by atoms with Gasteiger partial charge in [-0.3, -0.25) is 9.59 Å². The van der Waals surface area contributed by atoms with Crippen molar-refractivity contribution in [3.05, 3.63) is 29.3 Å². The molecular weight excluding hydrogens is 296 g/mol. The molecule has 0 saturated heterocycles. The number of halogens is 1. The lowest BCUT2D eigenvalue weighted by molar-refractivity contribution is -0.125. The molecule has 2 N–H and O–H groups in total. The van der Waals surface area contributed by atoms with Gasteiger partial charge in [0.25, 0.3) is 0 Å². The normalized spacial score (nSPS) is 10.1. The molecule has 0 aliphatic rings. The largest absolute Gasteiger partial charge is 0.355 e. The van der Waals surface area contributed by atoms with Crippen molar-refractivity contribution in [2.75, 3.05) is 18.8 Å². The zero-order chi connectivity index (χ0) is 14.8. The highest BCUT2D eigenvalue weighted by atomic mass is 35.5. The molecule has 0 spiro atoms. The lowest BCUT2D eigenvalue weighted by Gasteiger charge is -2.06. The van der Waals surface area contributed by atoms with E-state index in [1.165, 1.54) is 0 Å². The fourth-order valence-corrected chi connectivity index (χ4v) is 2.36. The van der Waals surface area contributed by atoms with Crippen LogP contribution in [0.5, 0.6) is 0 Å². The first-order valence-corrected chi connectivity index (χ1v) is 7.90. The van der Waals surface area contributed by atoms with Crippen LogP contribution in [0.2, 0.25) is 5.02 Å². The van der Waals surface area contributed by atoms with Crippen LogP contribution in [0.15, 0.2) is 29.2 Å². The second-order valence-corrected chi connectivity index (χ2v) is 5.78. The number of benzene rings is 1. The van der Waals surface area contributed by atoms with Gasteiger partial charge in [-0.1, -0.05) is 18.5 Å². The molecule has 1 rings (SSSR count). The average molecular weight is 315 g/mol. The van der Waals surface area contributed by atoms with E-state index in [1.807, 2.05) is 31.2 Å². The van der Waals surface area contributed by atoms with E-state index < -0.39 is 0 Å². The van der Waals surface area contributed by atoms with Gasteiger partial charge in [0.2, 0.25) is 11.8 Å². The van der Waals surface area contributed by atoms with E-state index in [1.54, 1.807) is 11.8 Å². The van der Waals surface area contributed by atoms with Crippen molar-refractivity contribution in [1.29, 1.82) is 0 Å². The topological polar surface area (TPSA) is 58.2 Å². The highest BCUT2D eigenvalue weighted by Crippen LogP contribution is 2.20. The molecule has 0 bridgehead atoms. The monoisotopic (exact) mass is 314 g/mol. The first-order chi connectivity index (χ1) is 9.61. The van der Waals surface area contributed by atoms with Crippen LogP contribution in [0.3, 0.4) is 0 Å². The van der Waals surface area contributed by atoms with Gasteiger partial charge in [0.15, 0.2) is 0 Å². The molecule has 0 aliphatic carbocycles. The number of hydrogen-bond donors (Lipinski definition) is 2. The Morgan fingerprint density at radius 3 is 2.50 bits per heavy atom. The Morgan fingerprint density at radius 1 is 1.15 bits per heavy atom.